The number of alkyl halides is 3. The number of anilines is 1. The van der Waals surface area contributed by atoms with Crippen LogP contribution in [-0.4, -0.2) is 18.1 Å². The summed E-state index contributed by atoms with van der Waals surface area (Å²) in [5.74, 6) is -3.96. The number of carbonyl (C=O) groups is 1. The summed E-state index contributed by atoms with van der Waals surface area (Å²) in [6, 6.07) is -0.750. The Morgan fingerprint density at radius 2 is 1.79 bits per heavy atom. The Labute approximate surface area is 105 Å². The zero-order chi connectivity index (χ0) is 14.8. The van der Waals surface area contributed by atoms with E-state index in [1.165, 1.54) is 6.92 Å². The first-order valence-corrected chi connectivity index (χ1v) is 5.29. The molecule has 8 heteroatoms. The first-order chi connectivity index (χ1) is 8.66. The van der Waals surface area contributed by atoms with E-state index in [0.29, 0.717) is 12.1 Å². The second-order valence-corrected chi connectivity index (χ2v) is 3.83. The lowest BCUT2D eigenvalue weighted by molar-refractivity contribution is -0.142. The van der Waals surface area contributed by atoms with E-state index in [1.54, 1.807) is 0 Å². The summed E-state index contributed by atoms with van der Waals surface area (Å²) in [5.41, 5.74) is 3.35. The second kappa shape index (κ2) is 5.41. The van der Waals surface area contributed by atoms with Crippen molar-refractivity contribution in [3.63, 3.8) is 0 Å². The summed E-state index contributed by atoms with van der Waals surface area (Å²) in [6.07, 6.45) is -4.87. The molecule has 1 aromatic rings. The van der Waals surface area contributed by atoms with E-state index in [1.807, 2.05) is 5.32 Å². The summed E-state index contributed by atoms with van der Waals surface area (Å²) < 4.78 is 64.2. The number of benzene rings is 1. The van der Waals surface area contributed by atoms with Crippen LogP contribution in [0.3, 0.4) is 0 Å². The summed E-state index contributed by atoms with van der Waals surface area (Å²) in [6.45, 7) is 1.27. The largest absolute Gasteiger partial charge is 0.408 e. The van der Waals surface area contributed by atoms with Crippen molar-refractivity contribution >= 4 is 11.6 Å². The summed E-state index contributed by atoms with van der Waals surface area (Å²) in [4.78, 5) is 10.7. The third-order valence-corrected chi connectivity index (χ3v) is 2.43. The van der Waals surface area contributed by atoms with Crippen LogP contribution in [0.15, 0.2) is 12.1 Å². The lowest BCUT2D eigenvalue weighted by atomic mass is 10.1. The van der Waals surface area contributed by atoms with Gasteiger partial charge in [-0.3, -0.25) is 4.79 Å². The Morgan fingerprint density at radius 1 is 1.32 bits per heavy atom. The normalized spacial score (nSPS) is 13.2. The van der Waals surface area contributed by atoms with Crippen molar-refractivity contribution in [1.82, 2.24) is 0 Å². The van der Waals surface area contributed by atoms with Crippen LogP contribution in [0.1, 0.15) is 23.7 Å². The molecule has 0 aromatic heterocycles. The van der Waals surface area contributed by atoms with Gasteiger partial charge in [-0.2, -0.15) is 13.2 Å². The van der Waals surface area contributed by atoms with E-state index in [-0.39, 0.29) is 6.42 Å². The number of rotatable bonds is 4. The Balaban J connectivity index is 3.08. The molecule has 0 fully saturated rings. The molecule has 0 aliphatic rings. The maximum Gasteiger partial charge on any atom is 0.408 e. The molecule has 1 rings (SSSR count). The van der Waals surface area contributed by atoms with Gasteiger partial charge in [-0.25, -0.2) is 8.78 Å². The van der Waals surface area contributed by atoms with Gasteiger partial charge in [-0.15, -0.1) is 0 Å². The number of halogens is 5. The molecule has 19 heavy (non-hydrogen) atoms. The molecule has 3 N–H and O–H groups in total. The summed E-state index contributed by atoms with van der Waals surface area (Å²) in [5, 5.41) is 1.96. The Morgan fingerprint density at radius 3 is 2.11 bits per heavy atom. The Kier molecular flexibility index (Phi) is 4.33. The van der Waals surface area contributed by atoms with Gasteiger partial charge in [0.25, 0.3) is 5.91 Å². The highest BCUT2D eigenvalue weighted by Crippen LogP contribution is 2.27. The monoisotopic (exact) mass is 282 g/mol. The van der Waals surface area contributed by atoms with Crippen molar-refractivity contribution in [3.8, 4) is 0 Å². The highest BCUT2D eigenvalue weighted by molar-refractivity contribution is 5.93. The molecule has 0 saturated heterocycles. The summed E-state index contributed by atoms with van der Waals surface area (Å²) in [7, 11) is 0. The van der Waals surface area contributed by atoms with Crippen LogP contribution in [0.5, 0.6) is 0 Å². The maximum absolute atomic E-state index is 13.4. The van der Waals surface area contributed by atoms with Crippen LogP contribution in [0.25, 0.3) is 0 Å². The molecule has 0 aliphatic heterocycles. The topological polar surface area (TPSA) is 55.1 Å². The number of hydrogen-bond donors (Lipinski definition) is 2. The molecule has 106 valence electrons. The first kappa shape index (κ1) is 15.2. The van der Waals surface area contributed by atoms with E-state index in [4.69, 9.17) is 5.73 Å². The van der Waals surface area contributed by atoms with Crippen LogP contribution in [-0.2, 0) is 0 Å². The van der Waals surface area contributed by atoms with E-state index in [0.717, 1.165) is 0 Å². The number of carbonyl (C=O) groups excluding carboxylic acids is 1. The molecule has 0 radical (unpaired) electrons. The fourth-order valence-electron chi connectivity index (χ4n) is 1.51. The highest BCUT2D eigenvalue weighted by atomic mass is 19.4. The summed E-state index contributed by atoms with van der Waals surface area (Å²) >= 11 is 0. The molecule has 1 atom stereocenters. The number of nitrogens with one attached hydrogen (secondary N) is 1. The maximum atomic E-state index is 13.4. The van der Waals surface area contributed by atoms with Gasteiger partial charge in [0.15, 0.2) is 0 Å². The predicted molar refractivity (Wildman–Crippen MR) is 58.6 cm³/mol. The van der Waals surface area contributed by atoms with Crippen molar-refractivity contribution in [2.75, 3.05) is 5.32 Å². The third kappa shape index (κ3) is 3.55. The molecule has 1 aromatic carbocycles. The highest BCUT2D eigenvalue weighted by Gasteiger charge is 2.38. The van der Waals surface area contributed by atoms with Gasteiger partial charge in [0.2, 0.25) is 0 Å². The van der Waals surface area contributed by atoms with Gasteiger partial charge in [0.1, 0.15) is 23.2 Å². The number of amides is 1. The number of nitrogens with two attached hydrogens (primary N) is 1. The van der Waals surface area contributed by atoms with E-state index >= 15 is 0 Å². The van der Waals surface area contributed by atoms with E-state index in [9.17, 15) is 26.7 Å². The van der Waals surface area contributed by atoms with Gasteiger partial charge in [-0.05, 0) is 18.6 Å². The molecular weight excluding hydrogens is 271 g/mol. The lowest BCUT2D eigenvalue weighted by Gasteiger charge is -2.21. The van der Waals surface area contributed by atoms with Crippen molar-refractivity contribution in [1.29, 1.82) is 0 Å². The predicted octanol–water partition coefficient (Wildman–Crippen LogP) is 2.82. The van der Waals surface area contributed by atoms with Crippen LogP contribution in [0.4, 0.5) is 27.6 Å². The molecule has 0 spiro atoms. The molecule has 0 bridgehead atoms. The fourth-order valence-corrected chi connectivity index (χ4v) is 1.51. The Bertz CT molecular complexity index is 463. The van der Waals surface area contributed by atoms with Crippen molar-refractivity contribution in [2.45, 2.75) is 25.6 Å². The van der Waals surface area contributed by atoms with Crippen LogP contribution < -0.4 is 11.1 Å². The van der Waals surface area contributed by atoms with Gasteiger partial charge in [0, 0.05) is 5.69 Å². The minimum Gasteiger partial charge on any atom is -0.374 e. The zero-order valence-electron chi connectivity index (χ0n) is 9.81. The molecule has 0 saturated carbocycles. The molecule has 3 nitrogen and oxygen atoms in total. The quantitative estimate of drug-likeness (QED) is 0.834. The molecule has 1 amide bonds. The minimum atomic E-state index is -4.55. The van der Waals surface area contributed by atoms with Crippen molar-refractivity contribution in [2.24, 2.45) is 5.73 Å². The van der Waals surface area contributed by atoms with Gasteiger partial charge in [-0.1, -0.05) is 6.92 Å². The molecule has 0 heterocycles. The Hall–Kier alpha value is -1.86. The SMILES string of the molecule is CCC(Nc1cc(F)c(C(N)=O)c(F)c1)C(F)(F)F. The number of hydrogen-bond acceptors (Lipinski definition) is 2. The lowest BCUT2D eigenvalue weighted by Crippen LogP contribution is -2.35. The van der Waals surface area contributed by atoms with Crippen LogP contribution >= 0.6 is 0 Å². The molecule has 0 aliphatic carbocycles. The van der Waals surface area contributed by atoms with Crippen LogP contribution in [0.2, 0.25) is 0 Å². The zero-order valence-corrected chi connectivity index (χ0v) is 9.81. The minimum absolute atomic E-state index is 0.315. The third-order valence-electron chi connectivity index (χ3n) is 2.43. The van der Waals surface area contributed by atoms with Gasteiger partial charge < -0.3 is 11.1 Å². The fraction of sp³-hybridized carbons (Fsp3) is 0.364. The smallest absolute Gasteiger partial charge is 0.374 e. The van der Waals surface area contributed by atoms with E-state index in [2.05, 4.69) is 0 Å². The number of primary amides is 1. The average Bonchev–Trinajstić information content (AvgIpc) is 2.22. The second-order valence-electron chi connectivity index (χ2n) is 3.83. The van der Waals surface area contributed by atoms with E-state index < -0.39 is 41.0 Å². The molecule has 1 unspecified atom stereocenters. The molecular formula is C11H11F5N2O. The standard InChI is InChI=1S/C11H11F5N2O/c1-2-8(11(14,15)16)18-5-3-6(12)9(10(17)19)7(13)4-5/h3-4,8,18H,2H2,1H3,(H2,17,19). The van der Waals surface area contributed by atoms with Crippen molar-refractivity contribution < 1.29 is 26.7 Å². The van der Waals surface area contributed by atoms with Crippen LogP contribution in [0, 0.1) is 11.6 Å². The first-order valence-electron chi connectivity index (χ1n) is 5.29. The van der Waals surface area contributed by atoms with Gasteiger partial charge in [0.05, 0.1) is 0 Å². The average molecular weight is 282 g/mol. The van der Waals surface area contributed by atoms with Crippen molar-refractivity contribution in [3.05, 3.63) is 29.3 Å². The van der Waals surface area contributed by atoms with Gasteiger partial charge >= 0.3 is 6.18 Å².